The lowest BCUT2D eigenvalue weighted by atomic mass is 9.96. The minimum Gasteiger partial charge on any atom is -0.381 e. The van der Waals surface area contributed by atoms with Gasteiger partial charge in [-0.05, 0) is 50.0 Å². The van der Waals surface area contributed by atoms with Crippen molar-refractivity contribution in [3.63, 3.8) is 0 Å². The Hall–Kier alpha value is -2.08. The molecule has 0 bridgehead atoms. The first kappa shape index (κ1) is 24.3. The van der Waals surface area contributed by atoms with Crippen molar-refractivity contribution < 1.29 is 14.0 Å². The van der Waals surface area contributed by atoms with Gasteiger partial charge in [0, 0.05) is 44.5 Å². The van der Waals surface area contributed by atoms with Crippen LogP contribution in [0.25, 0.3) is 5.00 Å². The van der Waals surface area contributed by atoms with Gasteiger partial charge < -0.3 is 4.74 Å². The van der Waals surface area contributed by atoms with Gasteiger partial charge in [0.15, 0.2) is 12.4 Å². The quantitative estimate of drug-likeness (QED) is 0.343. The third-order valence-electron chi connectivity index (χ3n) is 8.37. The van der Waals surface area contributed by atoms with E-state index in [0.29, 0.717) is 43.0 Å². The lowest BCUT2D eigenvalue weighted by Gasteiger charge is -2.36. The molecule has 1 atom stereocenters. The van der Waals surface area contributed by atoms with Crippen LogP contribution in [0, 0.1) is 24.2 Å². The van der Waals surface area contributed by atoms with Gasteiger partial charge in [-0.2, -0.15) is 0 Å². The van der Waals surface area contributed by atoms with E-state index in [1.165, 1.54) is 10.6 Å². The molecule has 0 radical (unpaired) electrons. The van der Waals surface area contributed by atoms with Crippen molar-refractivity contribution in [3.05, 3.63) is 40.0 Å². The molecule has 3 saturated heterocycles. The normalized spacial score (nSPS) is 26.8. The Bertz CT molecular complexity index is 1070. The molecule has 1 unspecified atom stereocenters. The molecule has 2 aromatic heterocycles. The Balaban J connectivity index is 1.04. The van der Waals surface area contributed by atoms with E-state index in [2.05, 4.69) is 36.0 Å². The Morgan fingerprint density at radius 2 is 2.00 bits per heavy atom. The number of piperidine rings is 2. The molecule has 4 aliphatic heterocycles. The molecule has 0 aromatic carbocycles. The maximum Gasteiger partial charge on any atom is 0.513 e. The molecule has 11 heteroatoms. The summed E-state index contributed by atoms with van der Waals surface area (Å²) >= 11 is 1.72. The molecule has 2 aromatic rings. The maximum absolute atomic E-state index is 15.7. The monoisotopic (exact) mass is 517 g/mol. The predicted octanol–water partition coefficient (Wildman–Crippen LogP) is 3.11. The summed E-state index contributed by atoms with van der Waals surface area (Å²) in [6.07, 6.45) is 5.62. The largest absolute Gasteiger partial charge is 0.513 e. The zero-order valence-electron chi connectivity index (χ0n) is 21.0. The lowest BCUT2D eigenvalue weighted by molar-refractivity contribution is -0.783. The molecule has 6 rings (SSSR count). The number of thiophene rings is 1. The molecular formula is C25H36FN7O2S+2. The number of nitroso groups, excluding NO2 is 1. The van der Waals surface area contributed by atoms with Crippen molar-refractivity contribution >= 4 is 11.3 Å². The number of hydrazine groups is 1. The number of fused-ring (bicyclic) bond motifs is 3. The highest BCUT2D eigenvalue weighted by Gasteiger charge is 2.61. The van der Waals surface area contributed by atoms with Crippen LogP contribution in [0.15, 0.2) is 11.4 Å². The molecule has 36 heavy (non-hydrogen) atoms. The van der Waals surface area contributed by atoms with Crippen molar-refractivity contribution in [2.24, 2.45) is 5.92 Å². The average molecular weight is 518 g/mol. The highest BCUT2D eigenvalue weighted by molar-refractivity contribution is 7.12. The fraction of sp³-hybridized carbons (Fsp3) is 0.720. The Morgan fingerprint density at radius 3 is 2.75 bits per heavy atom. The fourth-order valence-corrected chi connectivity index (χ4v) is 7.16. The summed E-state index contributed by atoms with van der Waals surface area (Å²) in [5.74, 6) is 0.576. The van der Waals surface area contributed by atoms with Gasteiger partial charge >= 0.3 is 5.79 Å². The lowest BCUT2D eigenvalue weighted by Crippen LogP contribution is -2.56. The molecule has 0 saturated carbocycles. The highest BCUT2D eigenvalue weighted by atomic mass is 32.1. The van der Waals surface area contributed by atoms with E-state index in [4.69, 9.17) is 4.74 Å². The smallest absolute Gasteiger partial charge is 0.381 e. The number of alkyl halides is 1. The van der Waals surface area contributed by atoms with E-state index in [-0.39, 0.29) is 6.42 Å². The van der Waals surface area contributed by atoms with Gasteiger partial charge in [-0.3, -0.25) is 14.4 Å². The second-order valence-electron chi connectivity index (χ2n) is 10.7. The van der Waals surface area contributed by atoms with Crippen LogP contribution >= 0.6 is 11.3 Å². The summed E-state index contributed by atoms with van der Waals surface area (Å²) in [6.45, 7) is 8.49. The Morgan fingerprint density at radius 1 is 1.19 bits per heavy atom. The highest BCUT2D eigenvalue weighted by Crippen LogP contribution is 2.34. The summed E-state index contributed by atoms with van der Waals surface area (Å²) in [5, 5.41) is 13.8. The van der Waals surface area contributed by atoms with Crippen LogP contribution in [0.1, 0.15) is 49.3 Å². The van der Waals surface area contributed by atoms with Gasteiger partial charge in [0.2, 0.25) is 11.3 Å². The van der Waals surface area contributed by atoms with Gasteiger partial charge in [0.05, 0.1) is 24.5 Å². The van der Waals surface area contributed by atoms with Gasteiger partial charge in [-0.1, -0.05) is 0 Å². The first-order chi connectivity index (χ1) is 17.5. The van der Waals surface area contributed by atoms with Crippen LogP contribution in [-0.2, 0) is 17.8 Å². The van der Waals surface area contributed by atoms with E-state index < -0.39 is 5.79 Å². The van der Waals surface area contributed by atoms with E-state index in [1.54, 1.807) is 22.8 Å². The van der Waals surface area contributed by atoms with Crippen molar-refractivity contribution in [1.82, 2.24) is 29.6 Å². The topological polar surface area (TPSA) is 69.7 Å². The number of hydrogen-bond acceptors (Lipinski definition) is 7. The summed E-state index contributed by atoms with van der Waals surface area (Å²) < 4.78 is 23.4. The Labute approximate surface area is 215 Å². The third kappa shape index (κ3) is 4.66. The molecule has 0 amide bonds. The van der Waals surface area contributed by atoms with Crippen molar-refractivity contribution in [1.29, 1.82) is 0 Å². The van der Waals surface area contributed by atoms with Crippen LogP contribution in [0.2, 0.25) is 0 Å². The van der Waals surface area contributed by atoms with E-state index in [1.807, 2.05) is 6.92 Å². The SMILES string of the molecule is Cc1nnc2n1-c1sccc1CN(C1CCN([N+](=O)C3(F)[CH+]CN(CC4CCOCC4)CC3)CC1)C2. The number of aryl methyl sites for hydroxylation is 1. The first-order valence-electron chi connectivity index (χ1n) is 13.3. The number of nitrogens with zero attached hydrogens (tertiary/aromatic N) is 7. The number of ether oxygens (including phenoxy) is 1. The van der Waals surface area contributed by atoms with Crippen molar-refractivity contribution in [2.75, 3.05) is 45.9 Å². The first-order valence-corrected chi connectivity index (χ1v) is 14.2. The third-order valence-corrected chi connectivity index (χ3v) is 9.31. The summed E-state index contributed by atoms with van der Waals surface area (Å²) in [4.78, 5) is 18.6. The zero-order chi connectivity index (χ0) is 24.7. The molecule has 0 spiro atoms. The second-order valence-corrected chi connectivity index (χ2v) is 11.6. The van der Waals surface area contributed by atoms with Gasteiger partial charge in [-0.25, -0.2) is 0 Å². The van der Waals surface area contributed by atoms with Crippen LogP contribution in [0.5, 0.6) is 0 Å². The van der Waals surface area contributed by atoms with Crippen molar-refractivity contribution in [2.45, 2.75) is 64.0 Å². The van der Waals surface area contributed by atoms with E-state index in [0.717, 1.165) is 70.2 Å². The van der Waals surface area contributed by atoms with Crippen LogP contribution < -0.4 is 0 Å². The predicted molar refractivity (Wildman–Crippen MR) is 134 cm³/mol. The number of aromatic nitrogens is 3. The molecule has 0 N–H and O–H groups in total. The number of halogens is 1. The minimum absolute atomic E-state index is 0.224. The average Bonchev–Trinajstić information content (AvgIpc) is 3.47. The van der Waals surface area contributed by atoms with Crippen molar-refractivity contribution in [3.8, 4) is 5.00 Å². The van der Waals surface area contributed by atoms with Crippen LogP contribution in [0.3, 0.4) is 0 Å². The fourth-order valence-electron chi connectivity index (χ4n) is 6.18. The molecule has 194 valence electrons. The standard InChI is InChI=1S/C25H36FN7O2S/c1-19-27-28-23-18-30(17-21-6-15-36-24(21)32(19)23)22-2-9-31(10-3-22)33(34)25(26)7-11-29(12-8-25)16-20-4-13-35-14-5-20/h6-7,15,20,22H,2-5,8-14,16-18H2,1H3/q+2. The molecular weight excluding hydrogens is 481 g/mol. The van der Waals surface area contributed by atoms with Gasteiger partial charge in [0.25, 0.3) is 0 Å². The van der Waals surface area contributed by atoms with E-state index >= 15 is 4.39 Å². The minimum atomic E-state index is -1.92. The summed E-state index contributed by atoms with van der Waals surface area (Å²) in [5.41, 5.74) is 1.29. The Kier molecular flexibility index (Phi) is 6.74. The molecule has 9 nitrogen and oxygen atoms in total. The summed E-state index contributed by atoms with van der Waals surface area (Å²) in [7, 11) is 0. The van der Waals surface area contributed by atoms with Gasteiger partial charge in [0.1, 0.15) is 17.2 Å². The second kappa shape index (κ2) is 10.00. The number of hydrogen-bond donors (Lipinski definition) is 0. The number of rotatable bonds is 5. The number of likely N-dealkylation sites (tertiary alicyclic amines) is 1. The summed E-state index contributed by atoms with van der Waals surface area (Å²) in [6, 6.07) is 2.51. The maximum atomic E-state index is 15.7. The molecule has 0 aliphatic carbocycles. The van der Waals surface area contributed by atoms with E-state index in [9.17, 15) is 4.91 Å². The van der Waals surface area contributed by atoms with Crippen LogP contribution in [0.4, 0.5) is 4.39 Å². The van der Waals surface area contributed by atoms with Crippen LogP contribution in [-0.4, -0.2) is 92.2 Å². The van der Waals surface area contributed by atoms with Gasteiger partial charge in [-0.15, -0.1) is 30.9 Å². The molecule has 3 fully saturated rings. The molecule has 4 aliphatic rings. The molecule has 6 heterocycles. The zero-order valence-corrected chi connectivity index (χ0v) is 21.8.